The van der Waals surface area contributed by atoms with E-state index in [9.17, 15) is 14.4 Å². The number of benzene rings is 1. The van der Waals surface area contributed by atoms with E-state index in [1.165, 1.54) is 4.68 Å². The molecule has 3 aromatic rings. The van der Waals surface area contributed by atoms with Gasteiger partial charge >= 0.3 is 0 Å². The molecule has 1 aromatic carbocycles. The molecule has 28 heavy (non-hydrogen) atoms. The third-order valence-electron chi connectivity index (χ3n) is 5.24. The Balaban J connectivity index is 1.52. The van der Waals surface area contributed by atoms with E-state index in [0.717, 1.165) is 25.7 Å². The number of aryl methyl sites for hydroxylation is 2. The second-order valence-corrected chi connectivity index (χ2v) is 7.17. The molecule has 0 saturated heterocycles. The average Bonchev–Trinajstić information content (AvgIpc) is 3.33. The molecule has 146 valence electrons. The molecule has 9 heteroatoms. The van der Waals surface area contributed by atoms with Crippen LogP contribution in [0.1, 0.15) is 43.8 Å². The van der Waals surface area contributed by atoms with E-state index in [2.05, 4.69) is 20.6 Å². The second kappa shape index (κ2) is 7.06. The molecule has 1 aliphatic carbocycles. The molecule has 1 amide bonds. The van der Waals surface area contributed by atoms with E-state index in [-0.39, 0.29) is 30.0 Å². The van der Waals surface area contributed by atoms with E-state index in [4.69, 9.17) is 4.52 Å². The van der Waals surface area contributed by atoms with Crippen LogP contribution in [0.3, 0.4) is 0 Å². The summed E-state index contributed by atoms with van der Waals surface area (Å²) >= 11 is 0. The number of rotatable bonds is 5. The Morgan fingerprint density at radius 2 is 1.96 bits per heavy atom. The number of amides is 1. The van der Waals surface area contributed by atoms with Gasteiger partial charge in [-0.1, -0.05) is 30.1 Å². The van der Waals surface area contributed by atoms with Crippen molar-refractivity contribution in [1.82, 2.24) is 25.2 Å². The summed E-state index contributed by atoms with van der Waals surface area (Å²) in [5.41, 5.74) is -1.31. The first-order valence-electron chi connectivity index (χ1n) is 9.32. The Labute approximate surface area is 159 Å². The van der Waals surface area contributed by atoms with Crippen LogP contribution in [-0.4, -0.2) is 25.8 Å². The Kier molecular flexibility index (Phi) is 4.58. The van der Waals surface area contributed by atoms with Gasteiger partial charge in [0.1, 0.15) is 5.54 Å². The Bertz CT molecular complexity index is 1140. The van der Waals surface area contributed by atoms with Gasteiger partial charge in [-0.3, -0.25) is 19.5 Å². The molecule has 0 aliphatic heterocycles. The summed E-state index contributed by atoms with van der Waals surface area (Å²) in [6, 6.07) is 6.62. The van der Waals surface area contributed by atoms with Crippen molar-refractivity contribution in [2.45, 2.75) is 51.1 Å². The molecule has 2 heterocycles. The van der Waals surface area contributed by atoms with Gasteiger partial charge < -0.3 is 9.84 Å². The SMILES string of the molecule is Cc1nc(C2(NC(=O)CCn3[nH]c(=O)c4ccccc4c3=O)CCCC2)no1. The lowest BCUT2D eigenvalue weighted by atomic mass is 9.96. The normalized spacial score (nSPS) is 15.8. The average molecular weight is 383 g/mol. The fraction of sp³-hybridized carbons (Fsp3) is 0.421. The van der Waals surface area contributed by atoms with Crippen molar-refractivity contribution < 1.29 is 9.32 Å². The standard InChI is InChI=1S/C19H21N5O4/c1-12-20-18(23-28-12)19(9-4-5-10-19)21-15(25)8-11-24-17(27)14-7-3-2-6-13(14)16(26)22-24/h2-3,6-7H,4-5,8-11H2,1H3,(H,21,25)(H,22,26). The zero-order chi connectivity index (χ0) is 19.7. The van der Waals surface area contributed by atoms with Crippen LogP contribution in [0.4, 0.5) is 0 Å². The lowest BCUT2D eigenvalue weighted by Crippen LogP contribution is -2.45. The van der Waals surface area contributed by atoms with Gasteiger partial charge in [0.05, 0.1) is 17.3 Å². The molecule has 0 atom stereocenters. The smallest absolute Gasteiger partial charge is 0.273 e. The van der Waals surface area contributed by atoms with Gasteiger partial charge in [-0.15, -0.1) is 0 Å². The highest BCUT2D eigenvalue weighted by atomic mass is 16.5. The summed E-state index contributed by atoms with van der Waals surface area (Å²) in [5.74, 6) is 0.716. The van der Waals surface area contributed by atoms with Crippen molar-refractivity contribution in [3.8, 4) is 0 Å². The van der Waals surface area contributed by atoms with E-state index >= 15 is 0 Å². The van der Waals surface area contributed by atoms with E-state index < -0.39 is 5.54 Å². The number of aromatic nitrogens is 4. The highest BCUT2D eigenvalue weighted by molar-refractivity contribution is 5.80. The lowest BCUT2D eigenvalue weighted by molar-refractivity contribution is -0.123. The molecule has 0 bridgehead atoms. The molecule has 2 N–H and O–H groups in total. The fourth-order valence-electron chi connectivity index (χ4n) is 3.82. The Morgan fingerprint density at radius 3 is 2.64 bits per heavy atom. The summed E-state index contributed by atoms with van der Waals surface area (Å²) < 4.78 is 6.27. The molecular formula is C19H21N5O4. The highest BCUT2D eigenvalue weighted by Gasteiger charge is 2.41. The Morgan fingerprint density at radius 1 is 1.25 bits per heavy atom. The topological polar surface area (TPSA) is 123 Å². The van der Waals surface area contributed by atoms with Gasteiger partial charge in [0, 0.05) is 13.3 Å². The van der Waals surface area contributed by atoms with Gasteiger partial charge in [-0.2, -0.15) is 4.98 Å². The molecule has 0 radical (unpaired) electrons. The van der Waals surface area contributed by atoms with Gasteiger partial charge in [-0.25, -0.2) is 4.68 Å². The molecule has 1 saturated carbocycles. The first kappa shape index (κ1) is 18.1. The maximum Gasteiger partial charge on any atom is 0.273 e. The van der Waals surface area contributed by atoms with Gasteiger partial charge in [0.15, 0.2) is 5.82 Å². The number of hydrogen-bond acceptors (Lipinski definition) is 6. The molecule has 2 aromatic heterocycles. The predicted molar refractivity (Wildman–Crippen MR) is 101 cm³/mol. The third-order valence-corrected chi connectivity index (χ3v) is 5.24. The van der Waals surface area contributed by atoms with Crippen LogP contribution < -0.4 is 16.4 Å². The van der Waals surface area contributed by atoms with Crippen LogP contribution in [0, 0.1) is 6.92 Å². The number of hydrogen-bond donors (Lipinski definition) is 2. The number of aromatic amines is 1. The summed E-state index contributed by atoms with van der Waals surface area (Å²) in [7, 11) is 0. The first-order chi connectivity index (χ1) is 13.5. The monoisotopic (exact) mass is 383 g/mol. The van der Waals surface area contributed by atoms with Crippen LogP contribution in [0.5, 0.6) is 0 Å². The van der Waals surface area contributed by atoms with Crippen molar-refractivity contribution >= 4 is 16.7 Å². The zero-order valence-electron chi connectivity index (χ0n) is 15.5. The lowest BCUT2D eigenvalue weighted by Gasteiger charge is -2.26. The zero-order valence-corrected chi connectivity index (χ0v) is 15.5. The minimum absolute atomic E-state index is 0.0484. The number of nitrogens with one attached hydrogen (secondary N) is 2. The molecule has 0 unspecified atom stereocenters. The largest absolute Gasteiger partial charge is 0.343 e. The Hall–Kier alpha value is -3.23. The maximum absolute atomic E-state index is 12.6. The third kappa shape index (κ3) is 3.23. The number of fused-ring (bicyclic) bond motifs is 1. The van der Waals surface area contributed by atoms with Crippen LogP contribution >= 0.6 is 0 Å². The molecule has 1 fully saturated rings. The summed E-state index contributed by atoms with van der Waals surface area (Å²) in [6.07, 6.45) is 3.46. The fourth-order valence-corrected chi connectivity index (χ4v) is 3.82. The predicted octanol–water partition coefficient (Wildman–Crippen LogP) is 1.36. The van der Waals surface area contributed by atoms with Crippen LogP contribution in [0.25, 0.3) is 10.8 Å². The minimum Gasteiger partial charge on any atom is -0.343 e. The number of carbonyl (C=O) groups excluding carboxylic acids is 1. The van der Waals surface area contributed by atoms with Crippen LogP contribution in [-0.2, 0) is 16.9 Å². The molecular weight excluding hydrogens is 362 g/mol. The van der Waals surface area contributed by atoms with Crippen molar-refractivity contribution in [3.05, 3.63) is 56.7 Å². The molecule has 9 nitrogen and oxygen atoms in total. The minimum atomic E-state index is -0.628. The highest BCUT2D eigenvalue weighted by Crippen LogP contribution is 2.37. The maximum atomic E-state index is 12.6. The van der Waals surface area contributed by atoms with E-state index in [0.29, 0.717) is 22.5 Å². The van der Waals surface area contributed by atoms with Crippen molar-refractivity contribution in [3.63, 3.8) is 0 Å². The summed E-state index contributed by atoms with van der Waals surface area (Å²) in [4.78, 5) is 41.6. The second-order valence-electron chi connectivity index (χ2n) is 7.17. The quantitative estimate of drug-likeness (QED) is 0.686. The summed E-state index contributed by atoms with van der Waals surface area (Å²) in [5, 5.41) is 10.2. The number of carbonyl (C=O) groups is 1. The molecule has 0 spiro atoms. The van der Waals surface area contributed by atoms with Crippen molar-refractivity contribution in [2.75, 3.05) is 0 Å². The van der Waals surface area contributed by atoms with Gasteiger partial charge in [-0.05, 0) is 25.0 Å². The first-order valence-corrected chi connectivity index (χ1v) is 9.32. The van der Waals surface area contributed by atoms with Crippen molar-refractivity contribution in [1.29, 1.82) is 0 Å². The van der Waals surface area contributed by atoms with Crippen molar-refractivity contribution in [2.24, 2.45) is 0 Å². The van der Waals surface area contributed by atoms with Crippen LogP contribution in [0.15, 0.2) is 38.4 Å². The van der Waals surface area contributed by atoms with E-state index in [1.54, 1.807) is 31.2 Å². The van der Waals surface area contributed by atoms with Gasteiger partial charge in [0.25, 0.3) is 11.1 Å². The van der Waals surface area contributed by atoms with E-state index in [1.807, 2.05) is 0 Å². The van der Waals surface area contributed by atoms with Gasteiger partial charge in [0.2, 0.25) is 11.8 Å². The summed E-state index contributed by atoms with van der Waals surface area (Å²) in [6.45, 7) is 1.79. The van der Waals surface area contributed by atoms with Crippen LogP contribution in [0.2, 0.25) is 0 Å². The number of nitrogens with zero attached hydrogens (tertiary/aromatic N) is 3. The number of H-pyrrole nitrogens is 1. The molecule has 4 rings (SSSR count). The molecule has 1 aliphatic rings.